The molecule has 0 aromatic carbocycles. The quantitative estimate of drug-likeness (QED) is 0.451. The molecular formula is C18H26N4OS. The molecule has 24 heavy (non-hydrogen) atoms. The van der Waals surface area contributed by atoms with Crippen LogP contribution in [0.15, 0.2) is 33.2 Å². The molecular weight excluding hydrogens is 320 g/mol. The third-order valence-corrected chi connectivity index (χ3v) is 5.36. The predicted octanol–water partition coefficient (Wildman–Crippen LogP) is 4.04. The van der Waals surface area contributed by atoms with Gasteiger partial charge in [-0.25, -0.2) is 4.98 Å². The Bertz CT molecular complexity index is 629. The lowest BCUT2D eigenvalue weighted by Crippen LogP contribution is -2.37. The van der Waals surface area contributed by atoms with Gasteiger partial charge in [-0.15, -0.1) is 11.3 Å². The standard InChI is InChI=1S/C18H26N4OS/c1-19-18(20-10-4-8-14-6-2-3-7-14)21-12-15-13-23-17(22-15)16-9-5-11-24-16/h5,9,11,13-14H,2-4,6-8,10,12H2,1H3,(H2,19,20,21). The van der Waals surface area contributed by atoms with Crippen LogP contribution in [0.25, 0.3) is 10.8 Å². The van der Waals surface area contributed by atoms with E-state index in [9.17, 15) is 0 Å². The van der Waals surface area contributed by atoms with E-state index in [1.807, 2.05) is 17.5 Å². The molecule has 0 saturated heterocycles. The first-order valence-corrected chi connectivity index (χ1v) is 9.66. The van der Waals surface area contributed by atoms with Gasteiger partial charge in [0.05, 0.1) is 17.1 Å². The Hall–Kier alpha value is -1.82. The topological polar surface area (TPSA) is 62.5 Å². The van der Waals surface area contributed by atoms with Crippen molar-refractivity contribution in [2.45, 2.75) is 45.1 Å². The van der Waals surface area contributed by atoms with Gasteiger partial charge in [0.15, 0.2) is 5.96 Å². The lowest BCUT2D eigenvalue weighted by atomic mass is 10.0. The van der Waals surface area contributed by atoms with Crippen molar-refractivity contribution >= 4 is 17.3 Å². The summed E-state index contributed by atoms with van der Waals surface area (Å²) in [7, 11) is 1.80. The first-order chi connectivity index (χ1) is 11.8. The van der Waals surface area contributed by atoms with Gasteiger partial charge in [-0.05, 0) is 30.2 Å². The summed E-state index contributed by atoms with van der Waals surface area (Å²) in [5.41, 5.74) is 0.882. The van der Waals surface area contributed by atoms with Crippen LogP contribution >= 0.6 is 11.3 Å². The number of aliphatic imine (C=N–C) groups is 1. The lowest BCUT2D eigenvalue weighted by Gasteiger charge is -2.12. The average molecular weight is 346 g/mol. The minimum absolute atomic E-state index is 0.608. The summed E-state index contributed by atoms with van der Waals surface area (Å²) >= 11 is 1.63. The first-order valence-electron chi connectivity index (χ1n) is 8.78. The number of nitrogens with zero attached hydrogens (tertiary/aromatic N) is 2. The highest BCUT2D eigenvalue weighted by Gasteiger charge is 2.14. The summed E-state index contributed by atoms with van der Waals surface area (Å²) in [5, 5.41) is 8.70. The third-order valence-electron chi connectivity index (χ3n) is 4.50. The van der Waals surface area contributed by atoms with Gasteiger partial charge in [0.2, 0.25) is 5.89 Å². The molecule has 5 nitrogen and oxygen atoms in total. The zero-order valence-electron chi connectivity index (χ0n) is 14.3. The molecule has 1 saturated carbocycles. The highest BCUT2D eigenvalue weighted by molar-refractivity contribution is 7.13. The molecule has 2 N–H and O–H groups in total. The van der Waals surface area contributed by atoms with Gasteiger partial charge < -0.3 is 15.1 Å². The molecule has 0 radical (unpaired) electrons. The Morgan fingerprint density at radius 3 is 3.00 bits per heavy atom. The number of oxazole rings is 1. The normalized spacial score (nSPS) is 15.8. The minimum atomic E-state index is 0.608. The van der Waals surface area contributed by atoms with E-state index in [1.165, 1.54) is 38.5 Å². The second kappa shape index (κ2) is 8.87. The van der Waals surface area contributed by atoms with Crippen molar-refractivity contribution in [3.63, 3.8) is 0 Å². The van der Waals surface area contributed by atoms with Gasteiger partial charge in [-0.3, -0.25) is 4.99 Å². The van der Waals surface area contributed by atoms with Crippen LogP contribution in [0, 0.1) is 5.92 Å². The number of hydrogen-bond acceptors (Lipinski definition) is 4. The Kier molecular flexibility index (Phi) is 6.29. The Morgan fingerprint density at radius 2 is 2.25 bits per heavy atom. The van der Waals surface area contributed by atoms with Crippen LogP contribution in [0.5, 0.6) is 0 Å². The van der Waals surface area contributed by atoms with E-state index < -0.39 is 0 Å². The SMILES string of the molecule is CN=C(NCCCC1CCCC1)NCc1coc(-c2cccs2)n1. The van der Waals surface area contributed by atoms with Crippen molar-refractivity contribution in [1.29, 1.82) is 0 Å². The van der Waals surface area contributed by atoms with Crippen LogP contribution < -0.4 is 10.6 Å². The zero-order chi connectivity index (χ0) is 16.6. The molecule has 0 spiro atoms. The summed E-state index contributed by atoms with van der Waals surface area (Å²) < 4.78 is 5.53. The average Bonchev–Trinajstić information content (AvgIpc) is 3.35. The highest BCUT2D eigenvalue weighted by atomic mass is 32.1. The van der Waals surface area contributed by atoms with E-state index in [2.05, 4.69) is 20.6 Å². The van der Waals surface area contributed by atoms with E-state index in [0.29, 0.717) is 12.4 Å². The monoisotopic (exact) mass is 346 g/mol. The van der Waals surface area contributed by atoms with Gasteiger partial charge in [-0.2, -0.15) is 0 Å². The summed E-state index contributed by atoms with van der Waals surface area (Å²) in [6.07, 6.45) is 9.93. The molecule has 6 heteroatoms. The number of aromatic nitrogens is 1. The van der Waals surface area contributed by atoms with Gasteiger partial charge in [0.25, 0.3) is 0 Å². The Balaban J connectivity index is 1.38. The summed E-state index contributed by atoms with van der Waals surface area (Å²) in [6.45, 7) is 1.58. The molecule has 2 heterocycles. The number of rotatable bonds is 7. The molecule has 0 bridgehead atoms. The molecule has 1 aliphatic rings. The number of hydrogen-bond donors (Lipinski definition) is 2. The molecule has 1 fully saturated rings. The second-order valence-electron chi connectivity index (χ2n) is 6.27. The molecule has 3 rings (SSSR count). The van der Waals surface area contributed by atoms with Crippen molar-refractivity contribution in [2.24, 2.45) is 10.9 Å². The molecule has 130 valence electrons. The zero-order valence-corrected chi connectivity index (χ0v) is 15.1. The fraction of sp³-hybridized carbons (Fsp3) is 0.556. The maximum atomic E-state index is 5.53. The van der Waals surface area contributed by atoms with E-state index in [-0.39, 0.29) is 0 Å². The lowest BCUT2D eigenvalue weighted by molar-refractivity contribution is 0.481. The van der Waals surface area contributed by atoms with E-state index in [1.54, 1.807) is 24.6 Å². The van der Waals surface area contributed by atoms with Crippen molar-refractivity contribution in [2.75, 3.05) is 13.6 Å². The van der Waals surface area contributed by atoms with Crippen LogP contribution in [0.2, 0.25) is 0 Å². The molecule has 2 aromatic heterocycles. The summed E-state index contributed by atoms with van der Waals surface area (Å²) in [4.78, 5) is 9.82. The van der Waals surface area contributed by atoms with Crippen molar-refractivity contribution in [3.8, 4) is 10.8 Å². The van der Waals surface area contributed by atoms with E-state index in [4.69, 9.17) is 4.42 Å². The predicted molar refractivity (Wildman–Crippen MR) is 99.2 cm³/mol. The maximum Gasteiger partial charge on any atom is 0.236 e. The molecule has 0 amide bonds. The first kappa shape index (κ1) is 17.0. The van der Waals surface area contributed by atoms with Gasteiger partial charge in [0.1, 0.15) is 6.26 Å². The Morgan fingerprint density at radius 1 is 1.38 bits per heavy atom. The smallest absolute Gasteiger partial charge is 0.236 e. The van der Waals surface area contributed by atoms with Crippen LogP contribution in [0.3, 0.4) is 0 Å². The number of thiophene rings is 1. The maximum absolute atomic E-state index is 5.53. The molecule has 1 aliphatic carbocycles. The van der Waals surface area contributed by atoms with Crippen LogP contribution in [0.4, 0.5) is 0 Å². The van der Waals surface area contributed by atoms with Gasteiger partial charge >= 0.3 is 0 Å². The number of guanidine groups is 1. The summed E-state index contributed by atoms with van der Waals surface area (Å²) in [5.74, 6) is 2.45. The van der Waals surface area contributed by atoms with Crippen molar-refractivity contribution < 1.29 is 4.42 Å². The molecule has 0 atom stereocenters. The fourth-order valence-corrected chi connectivity index (χ4v) is 3.85. The van der Waals surface area contributed by atoms with Crippen LogP contribution in [-0.4, -0.2) is 24.5 Å². The van der Waals surface area contributed by atoms with Gasteiger partial charge in [0, 0.05) is 13.6 Å². The fourth-order valence-electron chi connectivity index (χ4n) is 3.19. The Labute approximate surface area is 147 Å². The molecule has 0 aliphatic heterocycles. The highest BCUT2D eigenvalue weighted by Crippen LogP contribution is 2.28. The number of nitrogens with one attached hydrogen (secondary N) is 2. The molecule has 0 unspecified atom stereocenters. The van der Waals surface area contributed by atoms with Crippen molar-refractivity contribution in [3.05, 3.63) is 29.5 Å². The summed E-state index contributed by atoms with van der Waals surface area (Å²) in [6, 6.07) is 4.01. The minimum Gasteiger partial charge on any atom is -0.443 e. The van der Waals surface area contributed by atoms with Crippen LogP contribution in [-0.2, 0) is 6.54 Å². The van der Waals surface area contributed by atoms with Gasteiger partial charge in [-0.1, -0.05) is 31.7 Å². The second-order valence-corrected chi connectivity index (χ2v) is 7.21. The van der Waals surface area contributed by atoms with E-state index in [0.717, 1.165) is 29.0 Å². The van der Waals surface area contributed by atoms with Crippen molar-refractivity contribution in [1.82, 2.24) is 15.6 Å². The largest absolute Gasteiger partial charge is 0.443 e. The van der Waals surface area contributed by atoms with E-state index >= 15 is 0 Å². The third kappa shape index (κ3) is 4.84. The molecule has 2 aromatic rings. The van der Waals surface area contributed by atoms with Crippen LogP contribution in [0.1, 0.15) is 44.2 Å².